The maximum absolute atomic E-state index is 12.1. The molecule has 2 rings (SSSR count). The zero-order valence-corrected chi connectivity index (χ0v) is 16.0. The Kier molecular flexibility index (Phi) is 6.03. The van der Waals surface area contributed by atoms with Crippen LogP contribution in [-0.4, -0.2) is 18.4 Å². The summed E-state index contributed by atoms with van der Waals surface area (Å²) in [4.78, 5) is 24.0. The molecule has 0 aliphatic rings. The van der Waals surface area contributed by atoms with Crippen molar-refractivity contribution in [2.24, 2.45) is 0 Å². The van der Waals surface area contributed by atoms with E-state index >= 15 is 0 Å². The fourth-order valence-electron chi connectivity index (χ4n) is 2.50. The molecule has 0 radical (unpaired) electrons. The molecule has 0 heterocycles. The van der Waals surface area contributed by atoms with E-state index in [0.29, 0.717) is 11.3 Å². The van der Waals surface area contributed by atoms with Crippen LogP contribution in [0.2, 0.25) is 0 Å². The maximum atomic E-state index is 12.1. The van der Waals surface area contributed by atoms with Gasteiger partial charge in [-0.3, -0.25) is 20.4 Å². The number of carbonyl (C=O) groups excluding carboxylic acids is 2. The third-order valence-corrected chi connectivity index (χ3v) is 4.03. The van der Waals surface area contributed by atoms with Crippen LogP contribution >= 0.6 is 0 Å². The minimum atomic E-state index is -0.428. The topological polar surface area (TPSA) is 67.4 Å². The first-order chi connectivity index (χ1) is 12.2. The normalized spacial score (nSPS) is 11.0. The van der Waals surface area contributed by atoms with Gasteiger partial charge in [-0.2, -0.15) is 0 Å². The zero-order valence-electron chi connectivity index (χ0n) is 16.0. The molecule has 26 heavy (non-hydrogen) atoms. The average molecular weight is 354 g/mol. The molecule has 0 aliphatic carbocycles. The van der Waals surface area contributed by atoms with Gasteiger partial charge in [0.15, 0.2) is 6.61 Å². The van der Waals surface area contributed by atoms with Gasteiger partial charge in [0.1, 0.15) is 5.75 Å². The van der Waals surface area contributed by atoms with E-state index < -0.39 is 5.91 Å². The summed E-state index contributed by atoms with van der Waals surface area (Å²) in [5.41, 5.74) is 8.48. The van der Waals surface area contributed by atoms with Crippen molar-refractivity contribution < 1.29 is 14.3 Å². The van der Waals surface area contributed by atoms with E-state index in [1.807, 2.05) is 50.2 Å². The Hall–Kier alpha value is -2.82. The molecule has 138 valence electrons. The molecule has 2 aromatic carbocycles. The van der Waals surface area contributed by atoms with Crippen LogP contribution in [0.15, 0.2) is 42.5 Å². The Balaban J connectivity index is 1.82. The molecule has 5 heteroatoms. The van der Waals surface area contributed by atoms with Gasteiger partial charge >= 0.3 is 0 Å². The second-order valence-corrected chi connectivity index (χ2v) is 7.38. The van der Waals surface area contributed by atoms with Crippen molar-refractivity contribution in [3.63, 3.8) is 0 Å². The molecular formula is C21H26N2O3. The number of hydrogen-bond acceptors (Lipinski definition) is 3. The molecule has 0 aliphatic heterocycles. The number of aryl methyl sites for hydroxylation is 2. The summed E-state index contributed by atoms with van der Waals surface area (Å²) in [6.07, 6.45) is 0. The highest BCUT2D eigenvalue weighted by Gasteiger charge is 2.13. The van der Waals surface area contributed by atoms with E-state index in [9.17, 15) is 9.59 Å². The molecule has 2 amide bonds. The SMILES string of the molecule is Cc1ccc(C(=O)NNC(=O)COc2ccc(C(C)(C)C)cc2)c(C)c1. The van der Waals surface area contributed by atoms with Crippen molar-refractivity contribution in [3.8, 4) is 5.75 Å². The van der Waals surface area contributed by atoms with Crippen LogP contribution < -0.4 is 15.6 Å². The molecule has 0 aromatic heterocycles. The molecule has 0 unspecified atom stereocenters. The maximum Gasteiger partial charge on any atom is 0.276 e. The van der Waals surface area contributed by atoms with Crippen molar-refractivity contribution in [2.75, 3.05) is 6.61 Å². The lowest BCUT2D eigenvalue weighted by molar-refractivity contribution is -0.123. The standard InChI is InChI=1S/C21H26N2O3/c1-14-6-11-18(15(2)12-14)20(25)23-22-19(24)13-26-17-9-7-16(8-10-17)21(3,4)5/h6-12H,13H2,1-5H3,(H,22,24)(H,23,25). The second kappa shape index (κ2) is 8.04. The molecule has 0 fully saturated rings. The first-order valence-corrected chi connectivity index (χ1v) is 8.56. The minimum absolute atomic E-state index is 0.0638. The van der Waals surface area contributed by atoms with E-state index in [2.05, 4.69) is 31.6 Å². The number of rotatable bonds is 4. The first kappa shape index (κ1) is 19.5. The lowest BCUT2D eigenvalue weighted by Gasteiger charge is -2.19. The summed E-state index contributed by atoms with van der Waals surface area (Å²) in [6.45, 7) is 10.0. The van der Waals surface area contributed by atoms with E-state index in [1.54, 1.807) is 6.07 Å². The summed E-state index contributed by atoms with van der Waals surface area (Å²) in [7, 11) is 0. The third-order valence-electron chi connectivity index (χ3n) is 4.03. The Morgan fingerprint density at radius 3 is 2.19 bits per heavy atom. The molecule has 0 saturated heterocycles. The number of hydrazine groups is 1. The Labute approximate surface area is 154 Å². The number of benzene rings is 2. The van der Waals surface area contributed by atoms with Crippen molar-refractivity contribution in [2.45, 2.75) is 40.0 Å². The minimum Gasteiger partial charge on any atom is -0.484 e. The molecule has 0 spiro atoms. The number of ether oxygens (including phenoxy) is 1. The van der Waals surface area contributed by atoms with Gasteiger partial charge < -0.3 is 4.74 Å². The molecule has 5 nitrogen and oxygen atoms in total. The van der Waals surface area contributed by atoms with Crippen molar-refractivity contribution in [1.82, 2.24) is 10.9 Å². The van der Waals surface area contributed by atoms with Gasteiger partial charge in [0.05, 0.1) is 0 Å². The van der Waals surface area contributed by atoms with Gasteiger partial charge in [-0.1, -0.05) is 50.6 Å². The van der Waals surface area contributed by atoms with Gasteiger partial charge in [0.2, 0.25) is 0 Å². The predicted molar refractivity (Wildman–Crippen MR) is 102 cm³/mol. The fourth-order valence-corrected chi connectivity index (χ4v) is 2.50. The smallest absolute Gasteiger partial charge is 0.276 e. The molecule has 2 N–H and O–H groups in total. The molecule has 2 aromatic rings. The van der Waals surface area contributed by atoms with E-state index in [4.69, 9.17) is 4.74 Å². The lowest BCUT2D eigenvalue weighted by Crippen LogP contribution is -2.44. The van der Waals surface area contributed by atoms with Crippen LogP contribution in [0, 0.1) is 13.8 Å². The van der Waals surface area contributed by atoms with Crippen LogP contribution in [0.3, 0.4) is 0 Å². The summed E-state index contributed by atoms with van der Waals surface area (Å²) in [6, 6.07) is 13.1. The van der Waals surface area contributed by atoms with E-state index in [-0.39, 0.29) is 17.9 Å². The van der Waals surface area contributed by atoms with Gasteiger partial charge in [0, 0.05) is 5.56 Å². The van der Waals surface area contributed by atoms with Crippen molar-refractivity contribution in [3.05, 3.63) is 64.7 Å². The zero-order chi connectivity index (χ0) is 19.3. The molecule has 0 saturated carbocycles. The fraction of sp³-hybridized carbons (Fsp3) is 0.333. The van der Waals surface area contributed by atoms with Crippen LogP contribution in [0.1, 0.15) is 47.8 Å². The van der Waals surface area contributed by atoms with Crippen molar-refractivity contribution >= 4 is 11.8 Å². The van der Waals surface area contributed by atoms with Crippen LogP contribution in [0.4, 0.5) is 0 Å². The van der Waals surface area contributed by atoms with E-state index in [1.165, 1.54) is 5.56 Å². The highest BCUT2D eigenvalue weighted by Crippen LogP contribution is 2.24. The Morgan fingerprint density at radius 2 is 1.62 bits per heavy atom. The van der Waals surface area contributed by atoms with Crippen LogP contribution in [0.25, 0.3) is 0 Å². The molecule has 0 bridgehead atoms. The van der Waals surface area contributed by atoms with Gasteiger partial charge in [-0.15, -0.1) is 0 Å². The Morgan fingerprint density at radius 1 is 0.962 bits per heavy atom. The van der Waals surface area contributed by atoms with Crippen molar-refractivity contribution in [1.29, 1.82) is 0 Å². The average Bonchev–Trinajstić information content (AvgIpc) is 2.57. The summed E-state index contributed by atoms with van der Waals surface area (Å²) >= 11 is 0. The summed E-state index contributed by atoms with van der Waals surface area (Å²) in [5.74, 6) is -0.178. The number of amides is 2. The summed E-state index contributed by atoms with van der Waals surface area (Å²) < 4.78 is 5.45. The third kappa shape index (κ3) is 5.34. The molecule has 0 atom stereocenters. The quantitative estimate of drug-likeness (QED) is 0.827. The number of hydrogen-bond donors (Lipinski definition) is 2. The first-order valence-electron chi connectivity index (χ1n) is 8.56. The van der Waals surface area contributed by atoms with Gasteiger partial charge in [0.25, 0.3) is 11.8 Å². The highest BCUT2D eigenvalue weighted by molar-refractivity contribution is 5.96. The van der Waals surface area contributed by atoms with E-state index in [0.717, 1.165) is 11.1 Å². The highest BCUT2D eigenvalue weighted by atomic mass is 16.5. The summed E-state index contributed by atoms with van der Waals surface area (Å²) in [5, 5.41) is 0. The van der Waals surface area contributed by atoms with Gasteiger partial charge in [-0.05, 0) is 48.6 Å². The van der Waals surface area contributed by atoms with Crippen LogP contribution in [-0.2, 0) is 10.2 Å². The predicted octanol–water partition coefficient (Wildman–Crippen LogP) is 3.44. The van der Waals surface area contributed by atoms with Crippen LogP contribution in [0.5, 0.6) is 5.75 Å². The largest absolute Gasteiger partial charge is 0.484 e. The molecular weight excluding hydrogens is 328 g/mol. The lowest BCUT2D eigenvalue weighted by atomic mass is 9.87. The monoisotopic (exact) mass is 354 g/mol. The van der Waals surface area contributed by atoms with Gasteiger partial charge in [-0.25, -0.2) is 0 Å². The number of carbonyl (C=O) groups is 2. The Bertz CT molecular complexity index is 790. The number of nitrogens with one attached hydrogen (secondary N) is 2. The second-order valence-electron chi connectivity index (χ2n) is 7.38.